The summed E-state index contributed by atoms with van der Waals surface area (Å²) in [7, 11) is -8.78. The van der Waals surface area contributed by atoms with E-state index in [0.29, 0.717) is 13.2 Å². The predicted octanol–water partition coefficient (Wildman–Crippen LogP) is 4.12. The maximum atomic E-state index is 11.5. The molecule has 0 aromatic carbocycles. The summed E-state index contributed by atoms with van der Waals surface area (Å²) in [4.78, 5) is 14.5. The maximum absolute atomic E-state index is 11.5. The van der Waals surface area contributed by atoms with Crippen LogP contribution in [0.25, 0.3) is 0 Å². The molecule has 12 heteroatoms. The number of aryl methyl sites for hydroxylation is 1. The molecule has 0 aliphatic carbocycles. The first-order valence-electron chi connectivity index (χ1n) is 6.94. The van der Waals surface area contributed by atoms with Gasteiger partial charge in [0.15, 0.2) is 0 Å². The number of H-pyrrole nitrogens is 1. The Morgan fingerprint density at radius 2 is 1.79 bits per heavy atom. The molecule has 0 amide bonds. The van der Waals surface area contributed by atoms with Crippen molar-refractivity contribution in [2.45, 2.75) is 32.8 Å². The topological polar surface area (TPSA) is 55.2 Å². The Hall–Kier alpha value is -1.35. The number of carbonyl (C=O) groups is 1. The molecule has 0 aliphatic rings. The van der Waals surface area contributed by atoms with E-state index in [0.717, 1.165) is 12.2 Å². The number of rotatable bonds is 7. The number of nitrogens with one attached hydrogen (secondary N) is 1. The number of hydrogen-bond acceptors (Lipinski definition) is 3. The van der Waals surface area contributed by atoms with Crippen molar-refractivity contribution in [3.8, 4) is 0 Å². The second-order valence-electron chi connectivity index (χ2n) is 4.96. The van der Waals surface area contributed by atoms with Gasteiger partial charge in [0.2, 0.25) is 0 Å². The third-order valence-electron chi connectivity index (χ3n) is 2.61. The number of esters is 1. The van der Waals surface area contributed by atoms with Gasteiger partial charge in [-0.1, -0.05) is 6.92 Å². The molecule has 24 heavy (non-hydrogen) atoms. The van der Waals surface area contributed by atoms with Gasteiger partial charge in [-0.2, -0.15) is 0 Å². The van der Waals surface area contributed by atoms with Crippen molar-refractivity contribution >= 4 is 13.8 Å². The van der Waals surface area contributed by atoms with Crippen LogP contribution in [-0.4, -0.2) is 30.3 Å². The summed E-state index contributed by atoms with van der Waals surface area (Å²) in [5.74, 6) is 0.591. The fourth-order valence-electron chi connectivity index (χ4n) is 1.32. The van der Waals surface area contributed by atoms with E-state index in [-0.39, 0.29) is 18.5 Å². The molecular formula is C12H21F6N2O3P. The fraction of sp³-hybridized carbons (Fsp3) is 0.667. The van der Waals surface area contributed by atoms with Crippen molar-refractivity contribution in [1.82, 2.24) is 4.98 Å². The Balaban J connectivity index is 0.000000640. The molecule has 1 N–H and O–H groups in total. The quantitative estimate of drug-likeness (QED) is 0.252. The van der Waals surface area contributed by atoms with Gasteiger partial charge in [0.1, 0.15) is 25.4 Å². The molecule has 1 rings (SSSR count). The van der Waals surface area contributed by atoms with Crippen molar-refractivity contribution in [2.75, 3.05) is 13.2 Å². The van der Waals surface area contributed by atoms with E-state index < -0.39 is 7.81 Å². The van der Waals surface area contributed by atoms with E-state index in [2.05, 4.69) is 11.9 Å². The van der Waals surface area contributed by atoms with E-state index in [1.165, 1.54) is 0 Å². The fourth-order valence-corrected chi connectivity index (χ4v) is 1.32. The second-order valence-corrected chi connectivity index (χ2v) is 6.88. The van der Waals surface area contributed by atoms with Crippen LogP contribution in [0.4, 0.5) is 25.2 Å². The third-order valence-corrected chi connectivity index (χ3v) is 2.61. The van der Waals surface area contributed by atoms with Crippen molar-refractivity contribution in [1.29, 1.82) is 0 Å². The Morgan fingerprint density at radius 3 is 2.21 bits per heavy atom. The van der Waals surface area contributed by atoms with Crippen LogP contribution >= 0.6 is 7.81 Å². The Bertz CT molecular complexity index is 520. The molecule has 0 aliphatic heterocycles. The van der Waals surface area contributed by atoms with Crippen LogP contribution in [0.1, 0.15) is 26.1 Å². The van der Waals surface area contributed by atoms with Crippen molar-refractivity contribution in [2.24, 2.45) is 7.05 Å². The average Bonchev–Trinajstić information content (AvgIpc) is 2.76. The van der Waals surface area contributed by atoms with Gasteiger partial charge in [0.25, 0.3) is 5.82 Å². The molecule has 144 valence electrons. The molecule has 0 saturated carbocycles. The molecule has 1 heterocycles. The monoisotopic (exact) mass is 386 g/mol. The zero-order chi connectivity index (χ0) is 19.1. The van der Waals surface area contributed by atoms with Crippen LogP contribution in [0.2, 0.25) is 0 Å². The first kappa shape index (κ1) is 22.6. The van der Waals surface area contributed by atoms with Gasteiger partial charge in [0.05, 0.1) is 19.8 Å². The molecule has 0 spiro atoms. The molecule has 1 unspecified atom stereocenters. The summed E-state index contributed by atoms with van der Waals surface area (Å²) in [6, 6.07) is 0. The molecule has 1 atom stereocenters. The standard InChI is InChI=1S/C12H20N2O3.F6P/c1-4-10(2)16-7-8-17-12(15)9-11-13-5-6-14(11)3;1-7(2,3,4,5)6/h5-6,10H,4,7-9H2,1-3H3;/q;-1/p+1. The normalized spacial score (nSPS) is 15.5. The van der Waals surface area contributed by atoms with Crippen LogP contribution in [0, 0.1) is 0 Å². The Kier molecular flexibility index (Phi) is 7.26. The summed E-state index contributed by atoms with van der Waals surface area (Å²) in [5, 5.41) is 0. The molecular weight excluding hydrogens is 365 g/mol. The van der Waals surface area contributed by atoms with Gasteiger partial charge in [-0.25, -0.2) is 9.55 Å². The third kappa shape index (κ3) is 17.0. The molecule has 0 fully saturated rings. The Labute approximate surface area is 135 Å². The number of aromatic amines is 1. The van der Waals surface area contributed by atoms with E-state index in [1.54, 1.807) is 6.20 Å². The molecule has 0 saturated heterocycles. The van der Waals surface area contributed by atoms with Crippen molar-refractivity contribution in [3.05, 3.63) is 18.2 Å². The van der Waals surface area contributed by atoms with Crippen LogP contribution in [-0.2, 0) is 27.7 Å². The number of ether oxygens (including phenoxy) is 2. The van der Waals surface area contributed by atoms with Crippen LogP contribution < -0.4 is 4.57 Å². The van der Waals surface area contributed by atoms with Gasteiger partial charge in [0, 0.05) is 0 Å². The number of imidazole rings is 1. The van der Waals surface area contributed by atoms with E-state index in [9.17, 15) is 30.0 Å². The van der Waals surface area contributed by atoms with Gasteiger partial charge in [-0.3, -0.25) is 4.79 Å². The van der Waals surface area contributed by atoms with Crippen LogP contribution in [0.15, 0.2) is 12.4 Å². The van der Waals surface area contributed by atoms with E-state index >= 15 is 0 Å². The van der Waals surface area contributed by atoms with E-state index in [1.807, 2.05) is 24.7 Å². The van der Waals surface area contributed by atoms with Gasteiger partial charge in [-0.15, -0.1) is 0 Å². The van der Waals surface area contributed by atoms with E-state index in [4.69, 9.17) is 9.47 Å². The zero-order valence-corrected chi connectivity index (χ0v) is 14.3. The van der Waals surface area contributed by atoms with Crippen LogP contribution in [0.3, 0.4) is 0 Å². The molecule has 5 nitrogen and oxygen atoms in total. The number of hydrogen-bond donors (Lipinski definition) is 1. The van der Waals surface area contributed by atoms with Crippen molar-refractivity contribution < 1.29 is 44.0 Å². The minimum atomic E-state index is -10.7. The van der Waals surface area contributed by atoms with Crippen LogP contribution in [0.5, 0.6) is 0 Å². The molecule has 0 bridgehead atoms. The zero-order valence-electron chi connectivity index (χ0n) is 13.4. The number of carbonyl (C=O) groups excluding carboxylic acids is 1. The summed E-state index contributed by atoms with van der Waals surface area (Å²) < 4.78 is 71.5. The minimum absolute atomic E-state index is 0.218. The first-order valence-corrected chi connectivity index (χ1v) is 8.96. The number of nitrogens with zero attached hydrogens (tertiary/aromatic N) is 1. The first-order chi connectivity index (χ1) is 10.6. The van der Waals surface area contributed by atoms with Gasteiger partial charge in [-0.05, 0) is 13.3 Å². The molecule has 0 radical (unpaired) electrons. The number of aromatic nitrogens is 2. The average molecular weight is 386 g/mol. The Morgan fingerprint density at radius 1 is 1.25 bits per heavy atom. The van der Waals surface area contributed by atoms with Crippen molar-refractivity contribution in [3.63, 3.8) is 0 Å². The number of halogens is 6. The summed E-state index contributed by atoms with van der Waals surface area (Å²) in [5.41, 5.74) is 0. The second kappa shape index (κ2) is 7.69. The molecule has 1 aromatic heterocycles. The summed E-state index contributed by atoms with van der Waals surface area (Å²) in [6.07, 6.45) is 5.08. The summed E-state index contributed by atoms with van der Waals surface area (Å²) >= 11 is 0. The molecule has 1 aromatic rings. The van der Waals surface area contributed by atoms with Gasteiger partial charge >= 0.3 is 39.0 Å². The predicted molar refractivity (Wildman–Crippen MR) is 75.9 cm³/mol. The van der Waals surface area contributed by atoms with Gasteiger partial charge < -0.3 is 9.47 Å². The SMILES string of the molecule is CCC(C)OCCOC(=O)Cc1[nH]cc[n+]1C.F[P-](F)(F)(F)(F)F. The summed E-state index contributed by atoms with van der Waals surface area (Å²) in [6.45, 7) is 4.83.